The van der Waals surface area contributed by atoms with Gasteiger partial charge in [0, 0.05) is 12.0 Å². The van der Waals surface area contributed by atoms with Crippen LogP contribution in [0.5, 0.6) is 0 Å². The first-order valence-corrected chi connectivity index (χ1v) is 4.87. The lowest BCUT2D eigenvalue weighted by molar-refractivity contribution is -0.122. The Kier molecular flexibility index (Phi) is 5.99. The minimum absolute atomic E-state index is 0.260. The van der Waals surface area contributed by atoms with Gasteiger partial charge in [0.15, 0.2) is 0 Å². The fourth-order valence-corrected chi connectivity index (χ4v) is 1.19. The maximum atomic E-state index is 11.4. The van der Waals surface area contributed by atoms with Gasteiger partial charge in [0.25, 0.3) is 0 Å². The summed E-state index contributed by atoms with van der Waals surface area (Å²) >= 11 is 0. The number of hydrogen-bond donors (Lipinski definition) is 1. The molecule has 0 fully saturated rings. The average molecular weight is 171 g/mol. The summed E-state index contributed by atoms with van der Waals surface area (Å²) in [4.78, 5) is 11.4. The molecule has 0 aliphatic rings. The smallest absolute Gasteiger partial charge is 0.149 e. The lowest BCUT2D eigenvalue weighted by Gasteiger charge is -2.12. The fourth-order valence-electron chi connectivity index (χ4n) is 1.19. The molecule has 0 saturated carbocycles. The lowest BCUT2D eigenvalue weighted by atomic mass is 9.98. The van der Waals surface area contributed by atoms with E-state index in [1.807, 2.05) is 0 Å². The quantitative estimate of drug-likeness (QED) is 0.662. The second-order valence-corrected chi connectivity index (χ2v) is 3.52. The van der Waals surface area contributed by atoms with Crippen LogP contribution < -0.4 is 5.32 Å². The van der Waals surface area contributed by atoms with E-state index >= 15 is 0 Å². The zero-order valence-electron chi connectivity index (χ0n) is 8.68. The third kappa shape index (κ3) is 4.50. The third-order valence-corrected chi connectivity index (χ3v) is 2.13. The molecule has 0 aliphatic carbocycles. The molecule has 0 aromatic rings. The van der Waals surface area contributed by atoms with Crippen molar-refractivity contribution < 1.29 is 4.79 Å². The van der Waals surface area contributed by atoms with Crippen LogP contribution in [0.2, 0.25) is 0 Å². The molecule has 0 aromatic heterocycles. The first-order chi connectivity index (χ1) is 5.61. The van der Waals surface area contributed by atoms with Crippen molar-refractivity contribution >= 4 is 5.78 Å². The number of nitrogens with one attached hydrogen (secondary N) is 1. The molecule has 12 heavy (non-hydrogen) atoms. The van der Waals surface area contributed by atoms with Gasteiger partial charge >= 0.3 is 0 Å². The molecule has 0 amide bonds. The standard InChI is InChI=1S/C10H21NO/c1-5-9(6-2)10(12)7-11-8(3)4/h8-9,11H,5-7H2,1-4H3. The van der Waals surface area contributed by atoms with Crippen molar-refractivity contribution in [2.45, 2.75) is 46.6 Å². The summed E-state index contributed by atoms with van der Waals surface area (Å²) in [6, 6.07) is 0.406. The van der Waals surface area contributed by atoms with E-state index in [1.54, 1.807) is 0 Å². The molecule has 0 bridgehead atoms. The van der Waals surface area contributed by atoms with E-state index in [2.05, 4.69) is 33.0 Å². The number of Topliss-reactive ketones (excluding diaryl/α,β-unsaturated/α-hetero) is 1. The van der Waals surface area contributed by atoms with E-state index in [9.17, 15) is 4.79 Å². The number of carbonyl (C=O) groups is 1. The van der Waals surface area contributed by atoms with Crippen LogP contribution in [0.15, 0.2) is 0 Å². The minimum atomic E-state index is 0.260. The molecule has 0 spiro atoms. The van der Waals surface area contributed by atoms with Crippen LogP contribution in [0.25, 0.3) is 0 Å². The Balaban J connectivity index is 3.69. The van der Waals surface area contributed by atoms with Crippen LogP contribution >= 0.6 is 0 Å². The SMILES string of the molecule is CCC(CC)C(=O)CNC(C)C. The zero-order chi connectivity index (χ0) is 9.56. The second-order valence-electron chi connectivity index (χ2n) is 3.52. The molecule has 2 nitrogen and oxygen atoms in total. The highest BCUT2D eigenvalue weighted by Gasteiger charge is 2.13. The molecule has 0 aromatic carbocycles. The van der Waals surface area contributed by atoms with Crippen LogP contribution in [-0.4, -0.2) is 18.4 Å². The Morgan fingerprint density at radius 2 is 1.75 bits per heavy atom. The Hall–Kier alpha value is -0.370. The largest absolute Gasteiger partial charge is 0.308 e. The summed E-state index contributed by atoms with van der Waals surface area (Å²) in [6.45, 7) is 8.78. The summed E-state index contributed by atoms with van der Waals surface area (Å²) in [5.74, 6) is 0.616. The number of rotatable bonds is 6. The summed E-state index contributed by atoms with van der Waals surface area (Å²) in [5, 5.41) is 3.14. The molecule has 0 aliphatic heterocycles. The predicted molar refractivity (Wildman–Crippen MR) is 52.2 cm³/mol. The Labute approximate surface area is 75.7 Å². The van der Waals surface area contributed by atoms with Gasteiger partial charge in [0.05, 0.1) is 6.54 Å². The van der Waals surface area contributed by atoms with Crippen molar-refractivity contribution in [3.05, 3.63) is 0 Å². The zero-order valence-corrected chi connectivity index (χ0v) is 8.68. The minimum Gasteiger partial charge on any atom is -0.308 e. The van der Waals surface area contributed by atoms with Gasteiger partial charge in [-0.1, -0.05) is 27.7 Å². The van der Waals surface area contributed by atoms with Gasteiger partial charge in [-0.05, 0) is 12.8 Å². The van der Waals surface area contributed by atoms with E-state index in [-0.39, 0.29) is 5.92 Å². The first kappa shape index (κ1) is 11.6. The number of carbonyl (C=O) groups excluding carboxylic acids is 1. The molecule has 0 rings (SSSR count). The topological polar surface area (TPSA) is 29.1 Å². The molecular weight excluding hydrogens is 150 g/mol. The van der Waals surface area contributed by atoms with Crippen LogP contribution in [0.3, 0.4) is 0 Å². The van der Waals surface area contributed by atoms with E-state index < -0.39 is 0 Å². The van der Waals surface area contributed by atoms with Crippen molar-refractivity contribution in [3.8, 4) is 0 Å². The van der Waals surface area contributed by atoms with Crippen molar-refractivity contribution in [2.75, 3.05) is 6.54 Å². The summed E-state index contributed by atoms with van der Waals surface area (Å²) < 4.78 is 0. The first-order valence-electron chi connectivity index (χ1n) is 4.87. The maximum Gasteiger partial charge on any atom is 0.149 e. The van der Waals surface area contributed by atoms with E-state index in [4.69, 9.17) is 0 Å². The predicted octanol–water partition coefficient (Wildman–Crippen LogP) is 1.99. The highest BCUT2D eigenvalue weighted by atomic mass is 16.1. The molecular formula is C10H21NO. The monoisotopic (exact) mass is 171 g/mol. The normalized spacial score (nSPS) is 11.2. The third-order valence-electron chi connectivity index (χ3n) is 2.13. The van der Waals surface area contributed by atoms with Gasteiger partial charge < -0.3 is 5.32 Å². The van der Waals surface area contributed by atoms with Crippen molar-refractivity contribution in [2.24, 2.45) is 5.92 Å². The molecule has 0 saturated heterocycles. The molecule has 0 atom stereocenters. The average Bonchev–Trinajstić information content (AvgIpc) is 2.03. The van der Waals surface area contributed by atoms with Crippen molar-refractivity contribution in [3.63, 3.8) is 0 Å². The summed E-state index contributed by atoms with van der Waals surface area (Å²) in [5.41, 5.74) is 0. The van der Waals surface area contributed by atoms with Gasteiger partial charge in [-0.25, -0.2) is 0 Å². The molecule has 2 heteroatoms. The number of ketones is 1. The van der Waals surface area contributed by atoms with Gasteiger partial charge in [0.2, 0.25) is 0 Å². The highest BCUT2D eigenvalue weighted by molar-refractivity contribution is 5.82. The molecule has 0 radical (unpaired) electrons. The molecule has 72 valence electrons. The van der Waals surface area contributed by atoms with Crippen molar-refractivity contribution in [1.82, 2.24) is 5.32 Å². The Morgan fingerprint density at radius 3 is 2.08 bits per heavy atom. The number of hydrogen-bond acceptors (Lipinski definition) is 2. The molecule has 0 unspecified atom stereocenters. The van der Waals surface area contributed by atoms with Crippen LogP contribution in [0, 0.1) is 5.92 Å². The van der Waals surface area contributed by atoms with E-state index in [0.29, 0.717) is 18.4 Å². The Morgan fingerprint density at radius 1 is 1.25 bits per heavy atom. The lowest BCUT2D eigenvalue weighted by Crippen LogP contribution is -2.32. The molecule has 0 heterocycles. The maximum absolute atomic E-state index is 11.4. The van der Waals surface area contributed by atoms with E-state index in [1.165, 1.54) is 0 Å². The van der Waals surface area contributed by atoms with E-state index in [0.717, 1.165) is 12.8 Å². The van der Waals surface area contributed by atoms with Gasteiger partial charge in [-0.15, -0.1) is 0 Å². The summed E-state index contributed by atoms with van der Waals surface area (Å²) in [7, 11) is 0. The highest BCUT2D eigenvalue weighted by Crippen LogP contribution is 2.07. The van der Waals surface area contributed by atoms with Crippen LogP contribution in [0.4, 0.5) is 0 Å². The summed E-state index contributed by atoms with van der Waals surface area (Å²) in [6.07, 6.45) is 1.93. The molecule has 1 N–H and O–H groups in total. The van der Waals surface area contributed by atoms with Crippen molar-refractivity contribution in [1.29, 1.82) is 0 Å². The van der Waals surface area contributed by atoms with Crippen LogP contribution in [-0.2, 0) is 4.79 Å². The van der Waals surface area contributed by atoms with Crippen LogP contribution in [0.1, 0.15) is 40.5 Å². The second kappa shape index (κ2) is 6.18. The fraction of sp³-hybridized carbons (Fsp3) is 0.900. The van der Waals surface area contributed by atoms with Gasteiger partial charge in [0.1, 0.15) is 5.78 Å². The Bertz CT molecular complexity index is 128. The van der Waals surface area contributed by atoms with Gasteiger partial charge in [-0.3, -0.25) is 4.79 Å². The van der Waals surface area contributed by atoms with Gasteiger partial charge in [-0.2, -0.15) is 0 Å².